The molecule has 41 heavy (non-hydrogen) atoms. The van der Waals surface area contributed by atoms with Gasteiger partial charge in [0, 0.05) is 29.7 Å². The van der Waals surface area contributed by atoms with E-state index >= 15 is 4.39 Å². The number of amides is 2. The average molecular weight is 630 g/mol. The number of halogens is 4. The van der Waals surface area contributed by atoms with E-state index in [0.717, 1.165) is 6.26 Å². The Morgan fingerprint density at radius 2 is 1.80 bits per heavy atom. The lowest BCUT2D eigenvalue weighted by atomic mass is 9.62. The molecule has 2 aromatic rings. The van der Waals surface area contributed by atoms with Crippen LogP contribution in [0.2, 0.25) is 10.0 Å². The van der Waals surface area contributed by atoms with Gasteiger partial charge in [0.25, 0.3) is 0 Å². The zero-order valence-electron chi connectivity index (χ0n) is 22.9. The van der Waals surface area contributed by atoms with Crippen LogP contribution in [0.5, 0.6) is 0 Å². The summed E-state index contributed by atoms with van der Waals surface area (Å²) in [5, 5.41) is 8.73. The lowest BCUT2D eigenvalue weighted by Gasteiger charge is -2.38. The van der Waals surface area contributed by atoms with Gasteiger partial charge >= 0.3 is 0 Å². The third-order valence-corrected chi connectivity index (χ3v) is 9.51. The Labute approximate surface area is 248 Å². The first kappa shape index (κ1) is 30.2. The van der Waals surface area contributed by atoms with E-state index in [9.17, 15) is 22.4 Å². The van der Waals surface area contributed by atoms with Crippen molar-refractivity contribution in [2.24, 2.45) is 5.41 Å². The average Bonchev–Trinajstić information content (AvgIpc) is 3.28. The maximum atomic E-state index is 15.8. The highest BCUT2D eigenvalue weighted by Crippen LogP contribution is 2.57. The maximum Gasteiger partial charge on any atom is 0.238 e. The number of rotatable bonds is 6. The van der Waals surface area contributed by atoms with E-state index in [0.29, 0.717) is 24.9 Å². The molecule has 5 rings (SSSR count). The number of hydrogen-bond donors (Lipinski definition) is 4. The van der Waals surface area contributed by atoms with E-state index in [1.165, 1.54) is 24.3 Å². The van der Waals surface area contributed by atoms with Gasteiger partial charge in [-0.05, 0) is 54.0 Å². The van der Waals surface area contributed by atoms with Crippen LogP contribution in [-0.4, -0.2) is 50.7 Å². The SMILES string of the molecule is CC(C)(C)C[C@H]1N[C@@H](C(=O)NC2CC(NS(C)(=O)=O)C2)[C@H](c2cccc(Cl)c2F)[C@@]12C(=O)Nc1cc(Cl)c(F)cc12. The van der Waals surface area contributed by atoms with Crippen molar-refractivity contribution in [1.29, 1.82) is 0 Å². The molecule has 0 aromatic heterocycles. The van der Waals surface area contributed by atoms with Crippen molar-refractivity contribution in [3.8, 4) is 0 Å². The van der Waals surface area contributed by atoms with Crippen molar-refractivity contribution in [2.45, 2.75) is 75.5 Å². The Morgan fingerprint density at radius 1 is 1.12 bits per heavy atom. The fourth-order valence-corrected chi connectivity index (χ4v) is 7.73. The van der Waals surface area contributed by atoms with Crippen LogP contribution in [-0.2, 0) is 25.0 Å². The number of fused-ring (bicyclic) bond motifs is 2. The molecule has 13 heteroatoms. The second kappa shape index (κ2) is 10.4. The van der Waals surface area contributed by atoms with E-state index in [-0.39, 0.29) is 38.7 Å². The van der Waals surface area contributed by atoms with Crippen LogP contribution in [0.25, 0.3) is 0 Å². The predicted molar refractivity (Wildman–Crippen MR) is 154 cm³/mol. The monoisotopic (exact) mass is 628 g/mol. The molecule has 0 bridgehead atoms. The van der Waals surface area contributed by atoms with Gasteiger partial charge in [0.05, 0.1) is 22.3 Å². The quantitative estimate of drug-likeness (QED) is 0.382. The van der Waals surface area contributed by atoms with Crippen LogP contribution in [0, 0.1) is 17.0 Å². The van der Waals surface area contributed by atoms with Crippen molar-refractivity contribution in [2.75, 3.05) is 11.6 Å². The van der Waals surface area contributed by atoms with Gasteiger partial charge in [0.1, 0.15) is 17.0 Å². The van der Waals surface area contributed by atoms with Crippen LogP contribution in [0.4, 0.5) is 14.5 Å². The van der Waals surface area contributed by atoms with Crippen LogP contribution < -0.4 is 20.7 Å². The van der Waals surface area contributed by atoms with Gasteiger partial charge in [-0.2, -0.15) is 0 Å². The molecule has 4 atom stereocenters. The zero-order valence-corrected chi connectivity index (χ0v) is 25.3. The molecule has 8 nitrogen and oxygen atoms in total. The number of hydrogen-bond acceptors (Lipinski definition) is 5. The fraction of sp³-hybridized carbons (Fsp3) is 0.500. The van der Waals surface area contributed by atoms with Crippen LogP contribution in [0.15, 0.2) is 30.3 Å². The van der Waals surface area contributed by atoms with Gasteiger partial charge in [-0.3, -0.25) is 9.59 Å². The molecule has 222 valence electrons. The van der Waals surface area contributed by atoms with Gasteiger partial charge in [-0.1, -0.05) is 56.1 Å². The number of carbonyl (C=O) groups excluding carboxylic acids is 2. The molecular formula is C28H32Cl2F2N4O4S. The zero-order chi connectivity index (χ0) is 30.1. The number of anilines is 1. The second-order valence-corrected chi connectivity index (χ2v) is 15.1. The molecule has 2 amide bonds. The summed E-state index contributed by atoms with van der Waals surface area (Å²) in [5.41, 5.74) is -1.30. The van der Waals surface area contributed by atoms with Crippen LogP contribution in [0.1, 0.15) is 57.1 Å². The topological polar surface area (TPSA) is 116 Å². The number of nitrogens with one attached hydrogen (secondary N) is 4. The molecule has 2 heterocycles. The van der Waals surface area contributed by atoms with Gasteiger partial charge in [0.2, 0.25) is 21.8 Å². The van der Waals surface area contributed by atoms with Crippen molar-refractivity contribution in [3.63, 3.8) is 0 Å². The predicted octanol–water partition coefficient (Wildman–Crippen LogP) is 4.22. The summed E-state index contributed by atoms with van der Waals surface area (Å²) in [6.45, 7) is 5.93. The van der Waals surface area contributed by atoms with E-state index in [4.69, 9.17) is 23.2 Å². The third-order valence-electron chi connectivity index (χ3n) is 8.17. The normalized spacial score (nSPS) is 29.3. The minimum atomic E-state index is -3.40. The molecule has 0 radical (unpaired) electrons. The van der Waals surface area contributed by atoms with Gasteiger partial charge in [0.15, 0.2) is 0 Å². The van der Waals surface area contributed by atoms with Crippen molar-refractivity contribution in [3.05, 3.63) is 63.1 Å². The minimum Gasteiger partial charge on any atom is -0.352 e. The molecule has 0 unspecified atom stereocenters. The summed E-state index contributed by atoms with van der Waals surface area (Å²) < 4.78 is 56.5. The summed E-state index contributed by atoms with van der Waals surface area (Å²) in [7, 11) is -3.40. The molecule has 1 spiro atoms. The van der Waals surface area contributed by atoms with Crippen molar-refractivity contribution < 1.29 is 26.8 Å². The summed E-state index contributed by atoms with van der Waals surface area (Å²) in [6, 6.07) is 4.48. The molecule has 2 fully saturated rings. The molecule has 2 aliphatic heterocycles. The molecule has 1 saturated heterocycles. The summed E-state index contributed by atoms with van der Waals surface area (Å²) in [4.78, 5) is 28.0. The molecule has 2 aromatic carbocycles. The largest absolute Gasteiger partial charge is 0.352 e. The maximum absolute atomic E-state index is 15.8. The van der Waals surface area contributed by atoms with Gasteiger partial charge in [-0.25, -0.2) is 21.9 Å². The number of carbonyl (C=O) groups is 2. The Bertz CT molecular complexity index is 1530. The fourth-order valence-electron chi connectivity index (χ4n) is 6.59. The Morgan fingerprint density at radius 3 is 2.44 bits per heavy atom. The van der Waals surface area contributed by atoms with Gasteiger partial charge in [-0.15, -0.1) is 0 Å². The summed E-state index contributed by atoms with van der Waals surface area (Å²) in [6.07, 6.45) is 2.22. The highest BCUT2D eigenvalue weighted by molar-refractivity contribution is 7.88. The number of benzene rings is 2. The molecule has 1 aliphatic carbocycles. The molecule has 3 aliphatic rings. The van der Waals surface area contributed by atoms with E-state index in [1.807, 2.05) is 20.8 Å². The lowest BCUT2D eigenvalue weighted by Crippen LogP contribution is -2.57. The van der Waals surface area contributed by atoms with E-state index in [1.54, 1.807) is 6.07 Å². The molecule has 4 N–H and O–H groups in total. The van der Waals surface area contributed by atoms with E-state index < -0.39 is 56.9 Å². The van der Waals surface area contributed by atoms with Crippen molar-refractivity contribution in [1.82, 2.24) is 15.4 Å². The number of sulfonamides is 1. The highest BCUT2D eigenvalue weighted by atomic mass is 35.5. The Kier molecular flexibility index (Phi) is 7.68. The Balaban J connectivity index is 1.62. The first-order valence-corrected chi connectivity index (χ1v) is 15.9. The third kappa shape index (κ3) is 5.47. The van der Waals surface area contributed by atoms with Crippen molar-refractivity contribution >= 4 is 50.7 Å². The standard InChI is InChI=1S/C28H32Cl2F2N4O4S/c1-27(2,3)12-21-28(16-10-19(31)18(30)11-20(16)34-26(28)38)22(15-6-5-7-17(29)23(15)32)24(35-21)25(37)33-13-8-14(9-13)36-41(4,39)40/h5-7,10-11,13-14,21-22,24,35-36H,8-9,12H2,1-4H3,(H,33,37)(H,34,38)/t13?,14?,21-,22+,24-,28+/m1/s1. The van der Waals surface area contributed by atoms with E-state index in [2.05, 4.69) is 20.7 Å². The molecule has 1 saturated carbocycles. The summed E-state index contributed by atoms with van der Waals surface area (Å²) in [5.74, 6) is -3.61. The van der Waals surface area contributed by atoms with Crippen LogP contribution >= 0.6 is 23.2 Å². The highest BCUT2D eigenvalue weighted by Gasteiger charge is 2.66. The first-order valence-electron chi connectivity index (χ1n) is 13.3. The van der Waals surface area contributed by atoms with Gasteiger partial charge < -0.3 is 16.0 Å². The second-order valence-electron chi connectivity index (χ2n) is 12.5. The molecular weight excluding hydrogens is 597 g/mol. The summed E-state index contributed by atoms with van der Waals surface area (Å²) >= 11 is 12.3. The van der Waals surface area contributed by atoms with Crippen LogP contribution in [0.3, 0.4) is 0 Å². The Hall–Kier alpha value is -2.31. The minimum absolute atomic E-state index is 0.0464. The first-order chi connectivity index (χ1) is 19.0. The lowest BCUT2D eigenvalue weighted by molar-refractivity contribution is -0.125. The smallest absolute Gasteiger partial charge is 0.238 e.